The maximum Gasteiger partial charge on any atom is 0.290 e. The van der Waals surface area contributed by atoms with Crippen LogP contribution in [-0.4, -0.2) is 50.0 Å². The molecule has 7 heteroatoms. The van der Waals surface area contributed by atoms with Gasteiger partial charge in [0.15, 0.2) is 5.43 Å². The van der Waals surface area contributed by atoms with Crippen LogP contribution in [0.4, 0.5) is 4.39 Å². The van der Waals surface area contributed by atoms with E-state index in [2.05, 4.69) is 0 Å². The fourth-order valence-corrected chi connectivity index (χ4v) is 3.75. The highest BCUT2D eigenvalue weighted by atomic mass is 19.1. The number of hydrogen-bond donors (Lipinski definition) is 0. The Balaban J connectivity index is 1.98. The van der Waals surface area contributed by atoms with Crippen molar-refractivity contribution in [1.82, 2.24) is 9.80 Å². The van der Waals surface area contributed by atoms with E-state index >= 15 is 0 Å². The van der Waals surface area contributed by atoms with Crippen LogP contribution in [0.1, 0.15) is 27.7 Å². The Kier molecular flexibility index (Phi) is 4.84. The molecule has 1 unspecified atom stereocenters. The molecule has 3 aromatic rings. The molecule has 0 spiro atoms. The van der Waals surface area contributed by atoms with Gasteiger partial charge in [0.1, 0.15) is 17.1 Å². The number of halogens is 1. The number of amides is 1. The number of methoxy groups -OCH3 is 1. The number of ether oxygens (including phenoxy) is 1. The van der Waals surface area contributed by atoms with Crippen molar-refractivity contribution in [3.8, 4) is 5.75 Å². The lowest BCUT2D eigenvalue weighted by molar-refractivity contribution is 0.0715. The minimum atomic E-state index is -0.669. The molecule has 2 heterocycles. The highest BCUT2D eigenvalue weighted by Crippen LogP contribution is 2.41. The molecule has 2 aromatic carbocycles. The molecule has 0 N–H and O–H groups in total. The molecule has 0 radical (unpaired) electrons. The van der Waals surface area contributed by atoms with Crippen LogP contribution in [0.15, 0.2) is 51.7 Å². The van der Waals surface area contributed by atoms with Gasteiger partial charge in [-0.05, 0) is 38.4 Å². The second-order valence-electron chi connectivity index (χ2n) is 7.26. The predicted octanol–water partition coefficient (Wildman–Crippen LogP) is 3.05. The van der Waals surface area contributed by atoms with Gasteiger partial charge in [-0.2, -0.15) is 0 Å². The van der Waals surface area contributed by atoms with E-state index in [4.69, 9.17) is 9.15 Å². The zero-order chi connectivity index (χ0) is 20.7. The number of nitrogens with zero attached hydrogens (tertiary/aromatic N) is 2. The van der Waals surface area contributed by atoms with Crippen molar-refractivity contribution >= 4 is 16.9 Å². The van der Waals surface area contributed by atoms with Crippen LogP contribution >= 0.6 is 0 Å². The Labute approximate surface area is 167 Å². The fourth-order valence-electron chi connectivity index (χ4n) is 3.75. The molecule has 6 nitrogen and oxygen atoms in total. The molecule has 1 amide bonds. The Hall–Kier alpha value is -3.19. The summed E-state index contributed by atoms with van der Waals surface area (Å²) < 4.78 is 25.1. The zero-order valence-electron chi connectivity index (χ0n) is 16.4. The topological polar surface area (TPSA) is 63.0 Å². The summed E-state index contributed by atoms with van der Waals surface area (Å²) >= 11 is 0. The van der Waals surface area contributed by atoms with Crippen molar-refractivity contribution in [3.63, 3.8) is 0 Å². The smallest absolute Gasteiger partial charge is 0.290 e. The van der Waals surface area contributed by atoms with Crippen molar-refractivity contribution in [2.45, 2.75) is 6.04 Å². The number of para-hydroxylation sites is 1. The third-order valence-electron chi connectivity index (χ3n) is 5.15. The first kappa shape index (κ1) is 19.1. The van der Waals surface area contributed by atoms with E-state index in [0.29, 0.717) is 24.4 Å². The Morgan fingerprint density at radius 3 is 2.66 bits per heavy atom. The third-order valence-corrected chi connectivity index (χ3v) is 5.15. The molecule has 0 aliphatic carbocycles. The van der Waals surface area contributed by atoms with Crippen LogP contribution in [0.2, 0.25) is 0 Å². The quantitative estimate of drug-likeness (QED) is 0.663. The van der Waals surface area contributed by atoms with E-state index in [1.807, 2.05) is 37.2 Å². The van der Waals surface area contributed by atoms with Crippen LogP contribution in [0.5, 0.6) is 5.75 Å². The highest BCUT2D eigenvalue weighted by Gasteiger charge is 2.43. The number of carbonyl (C=O) groups excluding carboxylic acids is 1. The van der Waals surface area contributed by atoms with E-state index in [1.54, 1.807) is 18.1 Å². The van der Waals surface area contributed by atoms with Crippen LogP contribution in [-0.2, 0) is 0 Å². The van der Waals surface area contributed by atoms with Crippen molar-refractivity contribution in [2.24, 2.45) is 0 Å². The first-order valence-electron chi connectivity index (χ1n) is 9.27. The van der Waals surface area contributed by atoms with E-state index in [0.717, 1.165) is 6.07 Å². The number of rotatable bonds is 5. The van der Waals surface area contributed by atoms with Gasteiger partial charge in [0.25, 0.3) is 5.91 Å². The first-order valence-corrected chi connectivity index (χ1v) is 9.27. The van der Waals surface area contributed by atoms with Gasteiger partial charge in [-0.25, -0.2) is 4.39 Å². The molecule has 1 aromatic heterocycles. The number of likely N-dealkylation sites (N-methyl/N-ethyl adjacent to an activating group) is 1. The van der Waals surface area contributed by atoms with Gasteiger partial charge in [-0.3, -0.25) is 9.59 Å². The SMILES string of the molecule is COc1ccccc1C1c2c(oc3ccc(F)cc3c2=O)C(=O)N1CCN(C)C. The maximum absolute atomic E-state index is 13.8. The van der Waals surface area contributed by atoms with Gasteiger partial charge in [-0.1, -0.05) is 18.2 Å². The Morgan fingerprint density at radius 1 is 1.17 bits per heavy atom. The van der Waals surface area contributed by atoms with E-state index in [9.17, 15) is 14.0 Å². The molecule has 1 aliphatic rings. The molecule has 29 heavy (non-hydrogen) atoms. The molecule has 0 fully saturated rings. The molecule has 4 rings (SSSR count). The minimum Gasteiger partial charge on any atom is -0.496 e. The fraction of sp³-hybridized carbons (Fsp3) is 0.273. The second-order valence-corrected chi connectivity index (χ2v) is 7.26. The molecular formula is C22H21FN2O4. The minimum absolute atomic E-state index is 0.00349. The Bertz CT molecular complexity index is 1160. The van der Waals surface area contributed by atoms with Crippen molar-refractivity contribution in [1.29, 1.82) is 0 Å². The molecule has 0 saturated heterocycles. The lowest BCUT2D eigenvalue weighted by Crippen LogP contribution is -2.35. The monoisotopic (exact) mass is 396 g/mol. The normalized spacial score (nSPS) is 16.0. The standard InChI is InChI=1S/C22H21FN2O4/c1-24(2)10-11-25-19(14-6-4-5-7-16(14)28-3)18-20(26)15-12-13(23)8-9-17(15)29-21(18)22(25)27/h4-9,12,19H,10-11H2,1-3H3. The largest absolute Gasteiger partial charge is 0.496 e. The van der Waals surface area contributed by atoms with Crippen LogP contribution in [0.25, 0.3) is 11.0 Å². The van der Waals surface area contributed by atoms with Crippen LogP contribution in [0.3, 0.4) is 0 Å². The van der Waals surface area contributed by atoms with Gasteiger partial charge in [-0.15, -0.1) is 0 Å². The predicted molar refractivity (Wildman–Crippen MR) is 107 cm³/mol. The average Bonchev–Trinajstić information content (AvgIpc) is 2.99. The third kappa shape index (κ3) is 3.17. The highest BCUT2D eigenvalue weighted by molar-refractivity contribution is 5.99. The van der Waals surface area contributed by atoms with Crippen molar-refractivity contribution in [3.05, 3.63) is 75.4 Å². The van der Waals surface area contributed by atoms with Gasteiger partial charge < -0.3 is 19.0 Å². The lowest BCUT2D eigenvalue weighted by atomic mass is 9.97. The summed E-state index contributed by atoms with van der Waals surface area (Å²) in [7, 11) is 5.36. The average molecular weight is 396 g/mol. The summed E-state index contributed by atoms with van der Waals surface area (Å²) in [6.07, 6.45) is 0. The van der Waals surface area contributed by atoms with Crippen molar-refractivity contribution in [2.75, 3.05) is 34.3 Å². The van der Waals surface area contributed by atoms with Gasteiger partial charge >= 0.3 is 0 Å². The molecule has 150 valence electrons. The van der Waals surface area contributed by atoms with Crippen molar-refractivity contribution < 1.29 is 18.3 Å². The molecule has 1 aliphatic heterocycles. The van der Waals surface area contributed by atoms with E-state index in [-0.39, 0.29) is 28.2 Å². The van der Waals surface area contributed by atoms with Gasteiger partial charge in [0.2, 0.25) is 5.76 Å². The zero-order valence-corrected chi connectivity index (χ0v) is 16.4. The Morgan fingerprint density at radius 2 is 1.93 bits per heavy atom. The first-order chi connectivity index (χ1) is 13.9. The van der Waals surface area contributed by atoms with E-state index in [1.165, 1.54) is 12.1 Å². The molecular weight excluding hydrogens is 375 g/mol. The molecule has 1 atom stereocenters. The van der Waals surface area contributed by atoms with E-state index < -0.39 is 17.3 Å². The summed E-state index contributed by atoms with van der Waals surface area (Å²) in [6, 6.07) is 10.3. The van der Waals surface area contributed by atoms with Gasteiger partial charge in [0.05, 0.1) is 24.1 Å². The lowest BCUT2D eigenvalue weighted by Gasteiger charge is -2.27. The summed E-state index contributed by atoms with van der Waals surface area (Å²) in [6.45, 7) is 0.997. The number of fused-ring (bicyclic) bond motifs is 2. The number of hydrogen-bond acceptors (Lipinski definition) is 5. The summed E-state index contributed by atoms with van der Waals surface area (Å²) in [5.74, 6) is -0.330. The summed E-state index contributed by atoms with van der Waals surface area (Å²) in [4.78, 5) is 30.1. The summed E-state index contributed by atoms with van der Waals surface area (Å²) in [5.41, 5.74) is 0.689. The second kappa shape index (κ2) is 7.33. The maximum atomic E-state index is 13.8. The van der Waals surface area contributed by atoms with Crippen LogP contribution in [0, 0.1) is 5.82 Å². The van der Waals surface area contributed by atoms with Gasteiger partial charge in [0, 0.05) is 18.7 Å². The van der Waals surface area contributed by atoms with Crippen LogP contribution < -0.4 is 10.2 Å². The molecule has 0 saturated carbocycles. The summed E-state index contributed by atoms with van der Waals surface area (Å²) in [5, 5.41) is 0.117. The number of benzene rings is 2. The number of carbonyl (C=O) groups is 1. The molecule has 0 bridgehead atoms.